The predicted molar refractivity (Wildman–Crippen MR) is 78.2 cm³/mol. The van der Waals surface area contributed by atoms with Crippen LogP contribution < -0.4 is 11.5 Å². The maximum Gasteiger partial charge on any atom is 0.248 e. The van der Waals surface area contributed by atoms with Gasteiger partial charge >= 0.3 is 0 Å². The number of carbonyl (C=O) groups excluding carboxylic acids is 1. The molecule has 6 heteroatoms. The minimum atomic E-state index is -0.487. The zero-order chi connectivity index (χ0) is 13.8. The largest absolute Gasteiger partial charge is 0.397 e. The molecule has 4 N–H and O–H groups in total. The molecule has 0 atom stereocenters. The van der Waals surface area contributed by atoms with Crippen molar-refractivity contribution in [3.05, 3.63) is 52.8 Å². The van der Waals surface area contributed by atoms with E-state index < -0.39 is 5.91 Å². The fourth-order valence-electron chi connectivity index (χ4n) is 1.50. The van der Waals surface area contributed by atoms with Gasteiger partial charge in [0.25, 0.3) is 0 Å². The van der Waals surface area contributed by atoms with Crippen molar-refractivity contribution in [2.75, 3.05) is 5.73 Å². The van der Waals surface area contributed by atoms with Crippen LogP contribution in [0.5, 0.6) is 0 Å². The van der Waals surface area contributed by atoms with Gasteiger partial charge in [-0.1, -0.05) is 17.7 Å². The van der Waals surface area contributed by atoms with E-state index in [4.69, 9.17) is 23.1 Å². The lowest BCUT2D eigenvalue weighted by Gasteiger charge is -2.07. The summed E-state index contributed by atoms with van der Waals surface area (Å²) in [7, 11) is 0. The van der Waals surface area contributed by atoms with E-state index in [1.165, 1.54) is 0 Å². The van der Waals surface area contributed by atoms with Crippen molar-refractivity contribution in [1.29, 1.82) is 0 Å². The third-order valence-corrected chi connectivity index (χ3v) is 4.02. The van der Waals surface area contributed by atoms with E-state index in [1.54, 1.807) is 42.4 Å². The topological polar surface area (TPSA) is 82.0 Å². The van der Waals surface area contributed by atoms with Crippen LogP contribution in [0.4, 0.5) is 5.69 Å². The molecule has 0 radical (unpaired) electrons. The molecule has 0 fully saturated rings. The fraction of sp³-hybridized carbons (Fsp3) is 0.0769. The Balaban J connectivity index is 2.12. The van der Waals surface area contributed by atoms with Crippen LogP contribution in [0, 0.1) is 0 Å². The Morgan fingerprint density at radius 1 is 1.37 bits per heavy atom. The van der Waals surface area contributed by atoms with E-state index >= 15 is 0 Å². The molecule has 4 nitrogen and oxygen atoms in total. The molecule has 0 bridgehead atoms. The van der Waals surface area contributed by atoms with E-state index in [1.807, 2.05) is 6.07 Å². The molecular weight excluding hydrogens is 282 g/mol. The molecule has 1 heterocycles. The minimum absolute atomic E-state index is 0.405. The van der Waals surface area contributed by atoms with Crippen LogP contribution in [0.2, 0.25) is 5.02 Å². The number of halogens is 1. The van der Waals surface area contributed by atoms with Gasteiger partial charge < -0.3 is 11.5 Å². The number of pyridine rings is 1. The summed E-state index contributed by atoms with van der Waals surface area (Å²) >= 11 is 7.68. The third-order valence-electron chi connectivity index (χ3n) is 2.53. The Hall–Kier alpha value is -1.72. The summed E-state index contributed by atoms with van der Waals surface area (Å²) in [5.41, 5.74) is 13.0. The second-order valence-electron chi connectivity index (χ2n) is 3.87. The molecule has 2 rings (SSSR count). The maximum absolute atomic E-state index is 11.0. The first-order chi connectivity index (χ1) is 9.08. The quantitative estimate of drug-likeness (QED) is 0.849. The van der Waals surface area contributed by atoms with Gasteiger partial charge in [0.2, 0.25) is 5.91 Å². The van der Waals surface area contributed by atoms with E-state index in [2.05, 4.69) is 4.98 Å². The number of aromatic nitrogens is 1. The van der Waals surface area contributed by atoms with Gasteiger partial charge in [-0.15, -0.1) is 11.8 Å². The highest BCUT2D eigenvalue weighted by molar-refractivity contribution is 7.98. The first kappa shape index (κ1) is 13.7. The fourth-order valence-corrected chi connectivity index (χ4v) is 2.76. The summed E-state index contributed by atoms with van der Waals surface area (Å²) in [4.78, 5) is 15.9. The van der Waals surface area contributed by atoms with Crippen molar-refractivity contribution in [3.8, 4) is 0 Å². The van der Waals surface area contributed by atoms with Crippen molar-refractivity contribution >= 4 is 35.0 Å². The second kappa shape index (κ2) is 5.95. The normalized spacial score (nSPS) is 10.4. The lowest BCUT2D eigenvalue weighted by Crippen LogP contribution is -2.10. The molecule has 1 aromatic carbocycles. The van der Waals surface area contributed by atoms with Crippen molar-refractivity contribution in [3.63, 3.8) is 0 Å². The number of nitrogen functional groups attached to an aromatic ring is 1. The third kappa shape index (κ3) is 3.39. The van der Waals surface area contributed by atoms with Crippen molar-refractivity contribution < 1.29 is 4.79 Å². The molecular formula is C13H12ClN3OS. The number of amides is 1. The van der Waals surface area contributed by atoms with E-state index in [0.717, 1.165) is 10.5 Å². The zero-order valence-corrected chi connectivity index (χ0v) is 11.5. The minimum Gasteiger partial charge on any atom is -0.397 e. The maximum atomic E-state index is 11.0. The standard InChI is InChI=1S/C13H12ClN3OS/c14-10-5-8(13(16)18)1-2-9(10)7-19-12-3-4-17-6-11(12)15/h1-6H,7,15H2,(H2,16,18). The van der Waals surface area contributed by atoms with Gasteiger partial charge in [-0.25, -0.2) is 0 Å². The average Bonchev–Trinajstić information content (AvgIpc) is 2.39. The average molecular weight is 294 g/mol. The molecule has 0 saturated heterocycles. The Labute approximate surface area is 120 Å². The van der Waals surface area contributed by atoms with Crippen molar-refractivity contribution in [1.82, 2.24) is 4.98 Å². The lowest BCUT2D eigenvalue weighted by atomic mass is 10.1. The molecule has 1 aromatic heterocycles. The van der Waals surface area contributed by atoms with Crippen molar-refractivity contribution in [2.24, 2.45) is 5.73 Å². The molecule has 2 aromatic rings. The number of rotatable bonds is 4. The van der Waals surface area contributed by atoms with Gasteiger partial charge in [0.05, 0.1) is 11.9 Å². The highest BCUT2D eigenvalue weighted by Crippen LogP contribution is 2.30. The monoisotopic (exact) mass is 293 g/mol. The van der Waals surface area contributed by atoms with Gasteiger partial charge in [0, 0.05) is 27.4 Å². The van der Waals surface area contributed by atoms with Crippen LogP contribution in [-0.2, 0) is 5.75 Å². The Morgan fingerprint density at radius 3 is 2.79 bits per heavy atom. The summed E-state index contributed by atoms with van der Waals surface area (Å²) in [6.45, 7) is 0. The van der Waals surface area contributed by atoms with Crippen LogP contribution in [-0.4, -0.2) is 10.9 Å². The van der Waals surface area contributed by atoms with E-state index in [-0.39, 0.29) is 0 Å². The van der Waals surface area contributed by atoms with Gasteiger partial charge in [0.1, 0.15) is 0 Å². The highest BCUT2D eigenvalue weighted by Gasteiger charge is 2.07. The van der Waals surface area contributed by atoms with E-state index in [0.29, 0.717) is 22.0 Å². The van der Waals surface area contributed by atoms with Crippen molar-refractivity contribution in [2.45, 2.75) is 10.6 Å². The number of nitrogens with two attached hydrogens (primary N) is 2. The molecule has 0 spiro atoms. The van der Waals surface area contributed by atoms with Gasteiger partial charge in [-0.2, -0.15) is 0 Å². The van der Waals surface area contributed by atoms with Gasteiger partial charge in [-0.05, 0) is 23.8 Å². The lowest BCUT2D eigenvalue weighted by molar-refractivity contribution is 0.100. The predicted octanol–water partition coefficient (Wildman–Crippen LogP) is 2.71. The summed E-state index contributed by atoms with van der Waals surface area (Å²) < 4.78 is 0. The molecule has 0 saturated carbocycles. The van der Waals surface area contributed by atoms with Crippen LogP contribution >= 0.6 is 23.4 Å². The Bertz CT molecular complexity index is 619. The Kier molecular flexibility index (Phi) is 4.29. The number of benzene rings is 1. The summed E-state index contributed by atoms with van der Waals surface area (Å²) in [6, 6.07) is 6.90. The molecule has 1 amide bonds. The zero-order valence-electron chi connectivity index (χ0n) is 9.97. The van der Waals surface area contributed by atoms with E-state index in [9.17, 15) is 4.79 Å². The molecule has 98 valence electrons. The molecule has 19 heavy (non-hydrogen) atoms. The molecule has 0 aliphatic rings. The Morgan fingerprint density at radius 2 is 2.16 bits per heavy atom. The number of nitrogens with zero attached hydrogens (tertiary/aromatic N) is 1. The molecule has 0 unspecified atom stereocenters. The SMILES string of the molecule is NC(=O)c1ccc(CSc2ccncc2N)c(Cl)c1. The highest BCUT2D eigenvalue weighted by atomic mass is 35.5. The van der Waals surface area contributed by atoms with Crippen LogP contribution in [0.3, 0.4) is 0 Å². The number of hydrogen-bond donors (Lipinski definition) is 2. The molecule has 0 aliphatic carbocycles. The van der Waals surface area contributed by atoms with Crippen LogP contribution in [0.1, 0.15) is 15.9 Å². The number of anilines is 1. The summed E-state index contributed by atoms with van der Waals surface area (Å²) in [5, 5.41) is 0.524. The van der Waals surface area contributed by atoms with Crippen LogP contribution in [0.15, 0.2) is 41.6 Å². The van der Waals surface area contributed by atoms with Crippen LogP contribution in [0.25, 0.3) is 0 Å². The van der Waals surface area contributed by atoms with Gasteiger partial charge in [-0.3, -0.25) is 9.78 Å². The first-order valence-corrected chi connectivity index (χ1v) is 6.85. The number of carbonyl (C=O) groups is 1. The number of thioether (sulfide) groups is 1. The summed E-state index contributed by atoms with van der Waals surface area (Å²) in [5.74, 6) is 0.172. The second-order valence-corrected chi connectivity index (χ2v) is 5.30. The number of hydrogen-bond acceptors (Lipinski definition) is 4. The summed E-state index contributed by atoms with van der Waals surface area (Å²) in [6.07, 6.45) is 3.30. The smallest absolute Gasteiger partial charge is 0.248 e. The van der Waals surface area contributed by atoms with Gasteiger partial charge in [0.15, 0.2) is 0 Å². The first-order valence-electron chi connectivity index (χ1n) is 5.48. The molecule has 0 aliphatic heterocycles. The number of primary amides is 1.